The summed E-state index contributed by atoms with van der Waals surface area (Å²) in [5.41, 5.74) is 5.29. The molecule has 2 unspecified atom stereocenters. The van der Waals surface area contributed by atoms with E-state index in [1.807, 2.05) is 0 Å². The van der Waals surface area contributed by atoms with Gasteiger partial charge in [-0.1, -0.05) is 0 Å². The van der Waals surface area contributed by atoms with E-state index in [4.69, 9.17) is 19.9 Å². The summed E-state index contributed by atoms with van der Waals surface area (Å²) in [7, 11) is 0. The van der Waals surface area contributed by atoms with Gasteiger partial charge in [0, 0.05) is 25.7 Å². The van der Waals surface area contributed by atoms with Crippen molar-refractivity contribution in [3.8, 4) is 0 Å². The lowest BCUT2D eigenvalue weighted by Crippen LogP contribution is -2.47. The Labute approximate surface area is 127 Å². The van der Waals surface area contributed by atoms with Gasteiger partial charge < -0.3 is 30.2 Å². The first kappa shape index (κ1) is 18.8. The number of piperidine rings is 1. The molecule has 1 fully saturated rings. The van der Waals surface area contributed by atoms with Gasteiger partial charge in [0.15, 0.2) is 0 Å². The Morgan fingerprint density at radius 2 is 1.62 bits per heavy atom. The molecule has 7 nitrogen and oxygen atoms in total. The Hall–Kier alpha value is -0.280. The first-order valence-corrected chi connectivity index (χ1v) is 7.74. The Morgan fingerprint density at radius 1 is 1.00 bits per heavy atom. The van der Waals surface area contributed by atoms with Crippen LogP contribution in [0.15, 0.2) is 0 Å². The third kappa shape index (κ3) is 8.67. The maximum Gasteiger partial charge on any atom is 0.0701 e. The van der Waals surface area contributed by atoms with Gasteiger partial charge in [-0.25, -0.2) is 0 Å². The molecule has 2 atom stereocenters. The van der Waals surface area contributed by atoms with Crippen LogP contribution in [0.5, 0.6) is 0 Å². The number of nitrogens with two attached hydrogens (primary N) is 1. The molecule has 21 heavy (non-hydrogen) atoms. The van der Waals surface area contributed by atoms with Crippen LogP contribution in [0.1, 0.15) is 12.8 Å². The molecule has 1 aliphatic rings. The number of ether oxygens (including phenoxy) is 3. The zero-order valence-corrected chi connectivity index (χ0v) is 12.8. The van der Waals surface area contributed by atoms with Crippen molar-refractivity contribution in [2.45, 2.75) is 25.0 Å². The van der Waals surface area contributed by atoms with E-state index in [9.17, 15) is 10.2 Å². The van der Waals surface area contributed by atoms with Crippen molar-refractivity contribution in [1.82, 2.24) is 4.90 Å². The average molecular weight is 306 g/mol. The molecule has 4 N–H and O–H groups in total. The summed E-state index contributed by atoms with van der Waals surface area (Å²) >= 11 is 0. The Bertz CT molecular complexity index is 245. The van der Waals surface area contributed by atoms with Gasteiger partial charge in [-0.15, -0.1) is 0 Å². The highest BCUT2D eigenvalue weighted by atomic mass is 16.5. The van der Waals surface area contributed by atoms with Gasteiger partial charge >= 0.3 is 0 Å². The molecule has 0 saturated carbocycles. The van der Waals surface area contributed by atoms with Gasteiger partial charge in [-0.2, -0.15) is 0 Å². The molecule has 1 rings (SSSR count). The lowest BCUT2D eigenvalue weighted by atomic mass is 10.0. The van der Waals surface area contributed by atoms with E-state index in [-0.39, 0.29) is 18.8 Å². The number of aliphatic hydroxyl groups excluding tert-OH is 2. The number of hydrogen-bond donors (Lipinski definition) is 3. The first-order chi connectivity index (χ1) is 10.3. The second-order valence-electron chi connectivity index (χ2n) is 5.18. The summed E-state index contributed by atoms with van der Waals surface area (Å²) in [5, 5.41) is 18.9. The number of nitrogens with zero attached hydrogens (tertiary/aromatic N) is 1. The average Bonchev–Trinajstić information content (AvgIpc) is 2.50. The van der Waals surface area contributed by atoms with Crippen molar-refractivity contribution < 1.29 is 24.4 Å². The largest absolute Gasteiger partial charge is 0.395 e. The summed E-state index contributed by atoms with van der Waals surface area (Å²) in [6.07, 6.45) is 1.12. The summed E-state index contributed by atoms with van der Waals surface area (Å²) in [6.45, 7) is 5.60. The fourth-order valence-electron chi connectivity index (χ4n) is 2.37. The molecule has 0 aromatic rings. The third-order valence-corrected chi connectivity index (χ3v) is 3.55. The van der Waals surface area contributed by atoms with Crippen LogP contribution in [0.4, 0.5) is 0 Å². The van der Waals surface area contributed by atoms with Gasteiger partial charge in [0.25, 0.3) is 0 Å². The SMILES string of the molecule is NCCOCCOCCOCCN1CCC(O)CC1CO. The zero-order chi connectivity index (χ0) is 15.3. The standard InChI is InChI=1S/C14H30N2O5/c15-2-5-19-7-9-21-10-8-20-6-4-16-3-1-14(18)11-13(16)12-17/h13-14,17-18H,1-12,15H2. The second kappa shape index (κ2) is 12.3. The molecule has 0 amide bonds. The quantitative estimate of drug-likeness (QED) is 0.390. The lowest BCUT2D eigenvalue weighted by molar-refractivity contribution is -0.0125. The highest BCUT2D eigenvalue weighted by Crippen LogP contribution is 2.16. The van der Waals surface area contributed by atoms with Gasteiger partial charge in [-0.3, -0.25) is 4.90 Å². The van der Waals surface area contributed by atoms with Gasteiger partial charge in [-0.05, 0) is 12.8 Å². The van der Waals surface area contributed by atoms with Crippen LogP contribution in [0.25, 0.3) is 0 Å². The van der Waals surface area contributed by atoms with Crippen LogP contribution < -0.4 is 5.73 Å². The Morgan fingerprint density at radius 3 is 2.24 bits per heavy atom. The molecule has 1 heterocycles. The Kier molecular flexibility index (Phi) is 11.0. The first-order valence-electron chi connectivity index (χ1n) is 7.74. The van der Waals surface area contributed by atoms with Crippen molar-refractivity contribution >= 4 is 0 Å². The molecule has 0 bridgehead atoms. The fourth-order valence-corrected chi connectivity index (χ4v) is 2.37. The van der Waals surface area contributed by atoms with Gasteiger partial charge in [0.1, 0.15) is 0 Å². The van der Waals surface area contributed by atoms with Crippen molar-refractivity contribution in [2.75, 3.05) is 65.9 Å². The zero-order valence-electron chi connectivity index (χ0n) is 12.8. The van der Waals surface area contributed by atoms with Crippen molar-refractivity contribution in [3.63, 3.8) is 0 Å². The van der Waals surface area contributed by atoms with E-state index in [0.29, 0.717) is 52.6 Å². The second-order valence-corrected chi connectivity index (χ2v) is 5.18. The van der Waals surface area contributed by atoms with Crippen LogP contribution in [-0.4, -0.2) is 93.1 Å². The van der Waals surface area contributed by atoms with Crippen LogP contribution in [0, 0.1) is 0 Å². The molecular formula is C14H30N2O5. The van der Waals surface area contributed by atoms with Crippen LogP contribution in [-0.2, 0) is 14.2 Å². The minimum absolute atomic E-state index is 0.0493. The molecule has 0 aromatic carbocycles. The summed E-state index contributed by atoms with van der Waals surface area (Å²) < 4.78 is 16.0. The summed E-state index contributed by atoms with van der Waals surface area (Å²) in [5.74, 6) is 0. The van der Waals surface area contributed by atoms with Crippen molar-refractivity contribution in [3.05, 3.63) is 0 Å². The number of rotatable bonds is 12. The number of hydrogen-bond acceptors (Lipinski definition) is 7. The minimum Gasteiger partial charge on any atom is -0.395 e. The Balaban J connectivity index is 1.91. The van der Waals surface area contributed by atoms with Crippen LogP contribution >= 0.6 is 0 Å². The summed E-state index contributed by atoms with van der Waals surface area (Å²) in [6, 6.07) is 0.0493. The van der Waals surface area contributed by atoms with Gasteiger partial charge in [0.05, 0.1) is 52.4 Å². The molecule has 0 radical (unpaired) electrons. The predicted octanol–water partition coefficient (Wildman–Crippen LogP) is -1.19. The molecule has 0 spiro atoms. The van der Waals surface area contributed by atoms with E-state index in [2.05, 4.69) is 4.90 Å². The van der Waals surface area contributed by atoms with Crippen molar-refractivity contribution in [2.24, 2.45) is 5.73 Å². The topological polar surface area (TPSA) is 97.4 Å². The van der Waals surface area contributed by atoms with E-state index in [1.54, 1.807) is 0 Å². The van der Waals surface area contributed by atoms with Gasteiger partial charge in [0.2, 0.25) is 0 Å². The van der Waals surface area contributed by atoms with Crippen LogP contribution in [0.2, 0.25) is 0 Å². The highest BCUT2D eigenvalue weighted by Gasteiger charge is 2.26. The molecule has 7 heteroatoms. The summed E-state index contributed by atoms with van der Waals surface area (Å²) in [4.78, 5) is 2.17. The molecule has 0 aliphatic carbocycles. The van der Waals surface area contributed by atoms with E-state index < -0.39 is 0 Å². The fraction of sp³-hybridized carbons (Fsp3) is 1.00. The lowest BCUT2D eigenvalue weighted by Gasteiger charge is -2.36. The minimum atomic E-state index is -0.283. The van der Waals surface area contributed by atoms with E-state index in [0.717, 1.165) is 19.5 Å². The smallest absolute Gasteiger partial charge is 0.0701 e. The molecule has 1 aliphatic heterocycles. The normalized spacial score (nSPS) is 23.6. The van der Waals surface area contributed by atoms with Crippen LogP contribution in [0.3, 0.4) is 0 Å². The maximum absolute atomic E-state index is 9.57. The monoisotopic (exact) mass is 306 g/mol. The third-order valence-electron chi connectivity index (χ3n) is 3.55. The molecule has 126 valence electrons. The highest BCUT2D eigenvalue weighted by molar-refractivity contribution is 4.80. The van der Waals surface area contributed by atoms with E-state index >= 15 is 0 Å². The molecular weight excluding hydrogens is 276 g/mol. The predicted molar refractivity (Wildman–Crippen MR) is 79.2 cm³/mol. The van der Waals surface area contributed by atoms with Crippen molar-refractivity contribution in [1.29, 1.82) is 0 Å². The molecule has 0 aromatic heterocycles. The van der Waals surface area contributed by atoms with E-state index in [1.165, 1.54) is 0 Å². The molecule has 1 saturated heterocycles. The number of aliphatic hydroxyl groups is 2. The maximum atomic E-state index is 9.57. The number of likely N-dealkylation sites (tertiary alicyclic amines) is 1.